The molecule has 0 aromatic carbocycles. The van der Waals surface area contributed by atoms with Gasteiger partial charge in [0.25, 0.3) is 5.91 Å². The van der Waals surface area contributed by atoms with Crippen LogP contribution in [-0.4, -0.2) is 53.7 Å². The summed E-state index contributed by atoms with van der Waals surface area (Å²) in [5, 5.41) is 6.97. The van der Waals surface area contributed by atoms with E-state index in [9.17, 15) is 9.59 Å². The van der Waals surface area contributed by atoms with E-state index in [1.165, 1.54) is 11.8 Å². The Morgan fingerprint density at radius 1 is 1.46 bits per heavy atom. The Morgan fingerprint density at radius 3 is 2.96 bits per heavy atom. The summed E-state index contributed by atoms with van der Waals surface area (Å²) in [5.74, 6) is -0.0899. The summed E-state index contributed by atoms with van der Waals surface area (Å²) in [6.07, 6.45) is 1.06. The largest absolute Gasteiger partial charge is 0.450 e. The minimum absolute atomic E-state index is 0.0899. The van der Waals surface area contributed by atoms with Gasteiger partial charge in [0.05, 0.1) is 29.0 Å². The first-order valence-corrected chi connectivity index (χ1v) is 9.70. The first-order chi connectivity index (χ1) is 12.4. The molecule has 9 heteroatoms. The van der Waals surface area contributed by atoms with Crippen LogP contribution in [0, 0.1) is 0 Å². The fraction of sp³-hybridized carbons (Fsp3) is 0.588. The average molecular weight is 379 g/mol. The van der Waals surface area contributed by atoms with Crippen molar-refractivity contribution in [3.8, 4) is 0 Å². The van der Waals surface area contributed by atoms with Gasteiger partial charge in [0.15, 0.2) is 0 Å². The van der Waals surface area contributed by atoms with E-state index in [1.807, 2.05) is 20.8 Å². The number of thioether (sulfide) groups is 1. The second kappa shape index (κ2) is 7.61. The molecule has 1 saturated heterocycles. The first-order valence-electron chi connectivity index (χ1n) is 8.82. The summed E-state index contributed by atoms with van der Waals surface area (Å²) in [5.41, 5.74) is 12.7. The van der Waals surface area contributed by atoms with Gasteiger partial charge < -0.3 is 20.7 Å². The van der Waals surface area contributed by atoms with E-state index in [1.54, 1.807) is 4.90 Å². The van der Waals surface area contributed by atoms with Gasteiger partial charge in [-0.2, -0.15) is 5.10 Å². The SMILES string of the molecule is CCCOC(=O)NC1CCN(C(=O)C2=C(N)C3=C(C)C(C)=NNC3S2)C1. The van der Waals surface area contributed by atoms with Crippen LogP contribution in [0.2, 0.25) is 0 Å². The number of carbonyl (C=O) groups excluding carboxylic acids is 2. The second-order valence-electron chi connectivity index (χ2n) is 6.62. The third-order valence-corrected chi connectivity index (χ3v) is 5.96. The summed E-state index contributed by atoms with van der Waals surface area (Å²) in [4.78, 5) is 26.9. The maximum Gasteiger partial charge on any atom is 0.407 e. The van der Waals surface area contributed by atoms with Crippen molar-refractivity contribution in [2.45, 2.75) is 45.0 Å². The average Bonchev–Trinajstić information content (AvgIpc) is 3.21. The number of nitrogens with two attached hydrogens (primary N) is 1. The first kappa shape index (κ1) is 18.6. The molecule has 0 bridgehead atoms. The minimum Gasteiger partial charge on any atom is -0.450 e. The maximum absolute atomic E-state index is 12.9. The van der Waals surface area contributed by atoms with Crippen molar-refractivity contribution in [1.82, 2.24) is 15.6 Å². The summed E-state index contributed by atoms with van der Waals surface area (Å²) < 4.78 is 5.04. The number of likely N-dealkylation sites (tertiary alicyclic amines) is 1. The fourth-order valence-corrected chi connectivity index (χ4v) is 4.43. The molecule has 3 aliphatic rings. The standard InChI is InChI=1S/C17H25N5O3S/c1-4-7-25-17(24)19-11-5-6-22(8-11)16(23)14-13(18)12-9(2)10(3)20-21-15(12)26-14/h11,15,21H,4-8,18H2,1-3H3,(H,19,24). The van der Waals surface area contributed by atoms with Crippen molar-refractivity contribution >= 4 is 29.5 Å². The van der Waals surface area contributed by atoms with Crippen LogP contribution < -0.4 is 16.5 Å². The van der Waals surface area contributed by atoms with Crippen LogP contribution in [0.3, 0.4) is 0 Å². The number of hydrogen-bond acceptors (Lipinski definition) is 7. The lowest BCUT2D eigenvalue weighted by atomic mass is 10.0. The normalized spacial score (nSPS) is 25.0. The van der Waals surface area contributed by atoms with Crippen LogP contribution in [0.5, 0.6) is 0 Å². The monoisotopic (exact) mass is 379 g/mol. The van der Waals surface area contributed by atoms with E-state index in [2.05, 4.69) is 15.8 Å². The van der Waals surface area contributed by atoms with Gasteiger partial charge in [0.1, 0.15) is 5.37 Å². The van der Waals surface area contributed by atoms with E-state index in [-0.39, 0.29) is 17.3 Å². The number of hydrogen-bond donors (Lipinski definition) is 3. The number of nitrogens with zero attached hydrogens (tertiary/aromatic N) is 2. The molecule has 142 valence electrons. The van der Waals surface area contributed by atoms with Crippen molar-refractivity contribution in [3.05, 3.63) is 21.7 Å². The highest BCUT2D eigenvalue weighted by Gasteiger charge is 2.39. The number of allylic oxidation sites excluding steroid dienone is 1. The molecule has 1 fully saturated rings. The van der Waals surface area contributed by atoms with Crippen LogP contribution in [0.4, 0.5) is 4.79 Å². The van der Waals surface area contributed by atoms with Crippen molar-refractivity contribution in [2.24, 2.45) is 10.8 Å². The highest BCUT2D eigenvalue weighted by molar-refractivity contribution is 8.05. The zero-order valence-electron chi connectivity index (χ0n) is 15.3. The molecular weight excluding hydrogens is 354 g/mol. The van der Waals surface area contributed by atoms with E-state index < -0.39 is 6.09 Å². The Morgan fingerprint density at radius 2 is 2.23 bits per heavy atom. The Hall–Kier alpha value is -2.16. The van der Waals surface area contributed by atoms with E-state index in [4.69, 9.17) is 10.5 Å². The number of rotatable bonds is 4. The number of hydrazone groups is 1. The smallest absolute Gasteiger partial charge is 0.407 e. The molecule has 3 aliphatic heterocycles. The molecule has 4 N–H and O–H groups in total. The van der Waals surface area contributed by atoms with Crippen LogP contribution in [0.15, 0.2) is 26.8 Å². The number of amides is 2. The number of carbonyl (C=O) groups is 2. The lowest BCUT2D eigenvalue weighted by Gasteiger charge is -2.21. The van der Waals surface area contributed by atoms with E-state index >= 15 is 0 Å². The molecular formula is C17H25N5O3S. The number of nitrogens with one attached hydrogen (secondary N) is 2. The maximum atomic E-state index is 12.9. The minimum atomic E-state index is -0.427. The second-order valence-corrected chi connectivity index (χ2v) is 7.74. The fourth-order valence-electron chi connectivity index (χ4n) is 3.20. The Kier molecular flexibility index (Phi) is 5.45. The summed E-state index contributed by atoms with van der Waals surface area (Å²) in [6.45, 7) is 7.27. The third-order valence-electron chi connectivity index (χ3n) is 4.76. The highest BCUT2D eigenvalue weighted by atomic mass is 32.2. The van der Waals surface area contributed by atoms with Crippen LogP contribution in [0.25, 0.3) is 0 Å². The molecule has 3 heterocycles. The predicted octanol–water partition coefficient (Wildman–Crippen LogP) is 1.26. The molecule has 0 aromatic rings. The Balaban J connectivity index is 1.65. The molecule has 0 aromatic heterocycles. The predicted molar refractivity (Wildman–Crippen MR) is 101 cm³/mol. The van der Waals surface area contributed by atoms with E-state index in [0.29, 0.717) is 36.7 Å². The molecule has 0 aliphatic carbocycles. The number of fused-ring (bicyclic) bond motifs is 1. The van der Waals surface area contributed by atoms with Gasteiger partial charge in [-0.15, -0.1) is 0 Å². The molecule has 0 spiro atoms. The van der Waals surface area contributed by atoms with Gasteiger partial charge in [-0.05, 0) is 32.3 Å². The zero-order valence-corrected chi connectivity index (χ0v) is 16.1. The summed E-state index contributed by atoms with van der Waals surface area (Å²) in [7, 11) is 0. The van der Waals surface area contributed by atoms with Crippen LogP contribution >= 0.6 is 11.8 Å². The lowest BCUT2D eigenvalue weighted by Crippen LogP contribution is -2.39. The molecule has 0 saturated carbocycles. The van der Waals surface area contributed by atoms with Crippen molar-refractivity contribution in [2.75, 3.05) is 19.7 Å². The molecule has 8 nitrogen and oxygen atoms in total. The van der Waals surface area contributed by atoms with Crippen molar-refractivity contribution in [1.29, 1.82) is 0 Å². The molecule has 2 unspecified atom stereocenters. The van der Waals surface area contributed by atoms with E-state index in [0.717, 1.165) is 23.3 Å². The van der Waals surface area contributed by atoms with Gasteiger partial charge in [0.2, 0.25) is 0 Å². The van der Waals surface area contributed by atoms with Crippen molar-refractivity contribution in [3.63, 3.8) is 0 Å². The molecule has 3 rings (SSSR count). The third kappa shape index (κ3) is 3.53. The van der Waals surface area contributed by atoms with Gasteiger partial charge in [-0.3, -0.25) is 10.2 Å². The molecule has 0 radical (unpaired) electrons. The quantitative estimate of drug-likeness (QED) is 0.679. The summed E-state index contributed by atoms with van der Waals surface area (Å²) >= 11 is 1.40. The Bertz CT molecular complexity index is 715. The number of alkyl carbamates (subject to hydrolysis) is 1. The van der Waals surface area contributed by atoms with Gasteiger partial charge in [-0.25, -0.2) is 4.79 Å². The molecule has 2 amide bonds. The topological polar surface area (TPSA) is 109 Å². The van der Waals surface area contributed by atoms with Crippen molar-refractivity contribution < 1.29 is 14.3 Å². The van der Waals surface area contributed by atoms with Crippen LogP contribution in [-0.2, 0) is 9.53 Å². The highest BCUT2D eigenvalue weighted by Crippen LogP contribution is 2.42. The Labute approximate surface area is 157 Å². The lowest BCUT2D eigenvalue weighted by molar-refractivity contribution is -0.125. The summed E-state index contributed by atoms with van der Waals surface area (Å²) in [6, 6.07) is -0.0940. The van der Waals surface area contributed by atoms with Gasteiger partial charge in [0, 0.05) is 18.7 Å². The number of ether oxygens (including phenoxy) is 1. The van der Waals surface area contributed by atoms with Crippen LogP contribution in [0.1, 0.15) is 33.6 Å². The molecule has 26 heavy (non-hydrogen) atoms. The van der Waals surface area contributed by atoms with Gasteiger partial charge in [-0.1, -0.05) is 18.7 Å². The molecule has 2 atom stereocenters. The van der Waals surface area contributed by atoms with Gasteiger partial charge >= 0.3 is 6.09 Å². The zero-order chi connectivity index (χ0) is 18.8.